The molecule has 0 aliphatic carbocycles. The topological polar surface area (TPSA) is 55.6 Å². The van der Waals surface area contributed by atoms with E-state index in [2.05, 4.69) is 0 Å². The molecular formula is C11H20N2O2S. The Morgan fingerprint density at radius 3 is 3.06 bits per heavy atom. The zero-order chi connectivity index (χ0) is 11.4. The van der Waals surface area contributed by atoms with E-state index >= 15 is 0 Å². The molecule has 16 heavy (non-hydrogen) atoms. The Kier molecular flexibility index (Phi) is 4.49. The van der Waals surface area contributed by atoms with Crippen molar-refractivity contribution in [2.24, 2.45) is 5.73 Å². The van der Waals surface area contributed by atoms with Crippen LogP contribution in [0.1, 0.15) is 19.3 Å². The Labute approximate surface area is 101 Å². The summed E-state index contributed by atoms with van der Waals surface area (Å²) in [6.45, 7) is 2.19. The molecule has 0 radical (unpaired) electrons. The number of carbonyl (C=O) groups excluding carboxylic acids is 1. The maximum absolute atomic E-state index is 11.8. The molecule has 2 aliphatic rings. The minimum atomic E-state index is 0.0868. The number of nitrogens with two attached hydrogens (primary N) is 1. The highest BCUT2D eigenvalue weighted by Crippen LogP contribution is 2.26. The Bertz CT molecular complexity index is 244. The van der Waals surface area contributed by atoms with Crippen LogP contribution in [0.25, 0.3) is 0 Å². The van der Waals surface area contributed by atoms with Crippen LogP contribution in [0.5, 0.6) is 0 Å². The van der Waals surface area contributed by atoms with Crippen molar-refractivity contribution in [1.29, 1.82) is 0 Å². The van der Waals surface area contributed by atoms with Gasteiger partial charge in [-0.2, -0.15) is 11.8 Å². The lowest BCUT2D eigenvalue weighted by Crippen LogP contribution is -2.54. The van der Waals surface area contributed by atoms with E-state index in [1.165, 1.54) is 25.0 Å². The highest BCUT2D eigenvalue weighted by molar-refractivity contribution is 7.99. The van der Waals surface area contributed by atoms with Crippen molar-refractivity contribution in [2.75, 3.05) is 32.1 Å². The molecular weight excluding hydrogens is 224 g/mol. The van der Waals surface area contributed by atoms with E-state index in [0.717, 1.165) is 6.54 Å². The summed E-state index contributed by atoms with van der Waals surface area (Å²) >= 11 is 2.00. The molecule has 2 heterocycles. The fraction of sp³-hybridized carbons (Fsp3) is 0.909. The molecule has 2 saturated heterocycles. The van der Waals surface area contributed by atoms with Gasteiger partial charge in [0, 0.05) is 18.3 Å². The molecule has 0 bridgehead atoms. The molecule has 2 unspecified atom stereocenters. The lowest BCUT2D eigenvalue weighted by atomic mass is 10.1. The van der Waals surface area contributed by atoms with Crippen LogP contribution < -0.4 is 5.73 Å². The molecule has 0 saturated carbocycles. The van der Waals surface area contributed by atoms with Crippen LogP contribution in [0, 0.1) is 0 Å². The van der Waals surface area contributed by atoms with Crippen molar-refractivity contribution in [3.05, 3.63) is 0 Å². The van der Waals surface area contributed by atoms with Crippen LogP contribution in [-0.2, 0) is 9.53 Å². The van der Waals surface area contributed by atoms with Crippen molar-refractivity contribution >= 4 is 17.7 Å². The number of thioether (sulfide) groups is 1. The maximum atomic E-state index is 11.8. The summed E-state index contributed by atoms with van der Waals surface area (Å²) < 4.78 is 5.23. The highest BCUT2D eigenvalue weighted by Gasteiger charge is 2.30. The number of hydrogen-bond donors (Lipinski definition) is 1. The molecule has 0 spiro atoms. The van der Waals surface area contributed by atoms with Crippen molar-refractivity contribution in [1.82, 2.24) is 4.90 Å². The first-order chi connectivity index (χ1) is 7.81. The molecule has 2 fully saturated rings. The third-order valence-corrected chi connectivity index (χ3v) is 4.62. The number of hydrogen-bond acceptors (Lipinski definition) is 4. The van der Waals surface area contributed by atoms with Gasteiger partial charge >= 0.3 is 0 Å². The average molecular weight is 244 g/mol. The minimum Gasteiger partial charge on any atom is -0.369 e. The average Bonchev–Trinajstić information content (AvgIpc) is 2.33. The molecule has 2 atom stereocenters. The summed E-state index contributed by atoms with van der Waals surface area (Å²) in [5.74, 6) is 1.34. The van der Waals surface area contributed by atoms with Crippen LogP contribution in [0.4, 0.5) is 0 Å². The van der Waals surface area contributed by atoms with Crippen LogP contribution in [0.15, 0.2) is 0 Å². The van der Waals surface area contributed by atoms with Gasteiger partial charge in [-0.05, 0) is 18.6 Å². The van der Waals surface area contributed by atoms with Crippen LogP contribution >= 0.6 is 11.8 Å². The van der Waals surface area contributed by atoms with Gasteiger partial charge in [-0.15, -0.1) is 0 Å². The zero-order valence-corrected chi connectivity index (χ0v) is 10.4. The van der Waals surface area contributed by atoms with Gasteiger partial charge in [-0.25, -0.2) is 0 Å². The highest BCUT2D eigenvalue weighted by atomic mass is 32.2. The van der Waals surface area contributed by atoms with Gasteiger partial charge in [0.15, 0.2) is 0 Å². The summed E-state index contributed by atoms with van der Waals surface area (Å²) in [6.07, 6.45) is 3.84. The van der Waals surface area contributed by atoms with Gasteiger partial charge < -0.3 is 15.4 Å². The molecule has 0 aromatic carbocycles. The summed E-state index contributed by atoms with van der Waals surface area (Å²) in [7, 11) is 0. The third kappa shape index (κ3) is 2.90. The molecule has 2 rings (SSSR count). The second kappa shape index (κ2) is 5.89. The Morgan fingerprint density at radius 1 is 1.50 bits per heavy atom. The quantitative estimate of drug-likeness (QED) is 0.783. The molecule has 2 N–H and O–H groups in total. The first-order valence-corrected chi connectivity index (χ1v) is 7.05. The van der Waals surface area contributed by atoms with Gasteiger partial charge in [0.05, 0.1) is 12.6 Å². The Morgan fingerprint density at radius 2 is 2.38 bits per heavy atom. The molecule has 92 valence electrons. The number of morpholine rings is 1. The van der Waals surface area contributed by atoms with Crippen LogP contribution in [0.3, 0.4) is 0 Å². The molecule has 5 heteroatoms. The largest absolute Gasteiger partial charge is 0.369 e. The Balaban J connectivity index is 1.91. The first-order valence-electron chi connectivity index (χ1n) is 6.00. The van der Waals surface area contributed by atoms with Crippen molar-refractivity contribution in [3.63, 3.8) is 0 Å². The van der Waals surface area contributed by atoms with Crippen LogP contribution in [-0.4, -0.2) is 54.2 Å². The van der Waals surface area contributed by atoms with E-state index in [0.29, 0.717) is 18.4 Å². The number of rotatable bonds is 3. The monoisotopic (exact) mass is 244 g/mol. The molecule has 4 nitrogen and oxygen atoms in total. The number of nitrogens with zero attached hydrogens (tertiary/aromatic N) is 1. The van der Waals surface area contributed by atoms with E-state index in [9.17, 15) is 4.79 Å². The molecule has 0 aromatic heterocycles. The third-order valence-electron chi connectivity index (χ3n) is 3.24. The normalized spacial score (nSPS) is 31.8. The standard InChI is InChI=1S/C11H20N2O2S/c12-5-9-7-15-8-11(14)13(9)6-10-3-1-2-4-16-10/h9-10H,1-8,12H2. The van der Waals surface area contributed by atoms with Gasteiger partial charge in [-0.1, -0.05) is 6.42 Å². The van der Waals surface area contributed by atoms with E-state index in [1.54, 1.807) is 0 Å². The summed E-state index contributed by atoms with van der Waals surface area (Å²) in [4.78, 5) is 13.7. The van der Waals surface area contributed by atoms with Gasteiger partial charge in [0.2, 0.25) is 5.91 Å². The van der Waals surface area contributed by atoms with E-state index in [1.807, 2.05) is 16.7 Å². The lowest BCUT2D eigenvalue weighted by molar-refractivity contribution is -0.147. The Hall–Kier alpha value is -0.260. The van der Waals surface area contributed by atoms with E-state index in [4.69, 9.17) is 10.5 Å². The fourth-order valence-corrected chi connectivity index (χ4v) is 3.58. The summed E-state index contributed by atoms with van der Waals surface area (Å²) in [5, 5.41) is 0.602. The number of ether oxygens (including phenoxy) is 1. The molecule has 1 amide bonds. The maximum Gasteiger partial charge on any atom is 0.248 e. The van der Waals surface area contributed by atoms with Crippen molar-refractivity contribution < 1.29 is 9.53 Å². The van der Waals surface area contributed by atoms with E-state index in [-0.39, 0.29) is 18.6 Å². The fourth-order valence-electron chi connectivity index (χ4n) is 2.28. The first kappa shape index (κ1) is 12.2. The number of amides is 1. The van der Waals surface area contributed by atoms with Gasteiger partial charge in [0.25, 0.3) is 0 Å². The smallest absolute Gasteiger partial charge is 0.248 e. The van der Waals surface area contributed by atoms with Crippen LogP contribution in [0.2, 0.25) is 0 Å². The number of carbonyl (C=O) groups is 1. The molecule has 2 aliphatic heterocycles. The predicted molar refractivity (Wildman–Crippen MR) is 65.5 cm³/mol. The van der Waals surface area contributed by atoms with Crippen molar-refractivity contribution in [2.45, 2.75) is 30.6 Å². The molecule has 0 aromatic rings. The predicted octanol–water partition coefficient (Wildman–Crippen LogP) is 0.458. The van der Waals surface area contributed by atoms with Gasteiger partial charge in [0.1, 0.15) is 6.61 Å². The van der Waals surface area contributed by atoms with E-state index < -0.39 is 0 Å². The van der Waals surface area contributed by atoms with Gasteiger partial charge in [-0.3, -0.25) is 4.79 Å². The summed E-state index contributed by atoms with van der Waals surface area (Å²) in [6, 6.07) is 0.0868. The zero-order valence-electron chi connectivity index (χ0n) is 9.56. The minimum absolute atomic E-state index is 0.0868. The SMILES string of the molecule is NCC1COCC(=O)N1CC1CCCCS1. The summed E-state index contributed by atoms with van der Waals surface area (Å²) in [5.41, 5.74) is 5.68. The second-order valence-corrected chi connectivity index (χ2v) is 5.85. The second-order valence-electron chi connectivity index (χ2n) is 4.44. The van der Waals surface area contributed by atoms with Crippen molar-refractivity contribution in [3.8, 4) is 0 Å². The lowest BCUT2D eigenvalue weighted by Gasteiger charge is -2.37.